The number of benzene rings is 1. The van der Waals surface area contributed by atoms with E-state index in [0.717, 1.165) is 36.1 Å². The van der Waals surface area contributed by atoms with Crippen LogP contribution in [0.15, 0.2) is 18.2 Å². The zero-order valence-corrected chi connectivity index (χ0v) is 9.61. The van der Waals surface area contributed by atoms with Crippen molar-refractivity contribution in [1.29, 1.82) is 0 Å². The molecule has 0 saturated heterocycles. The van der Waals surface area contributed by atoms with Gasteiger partial charge in [-0.25, -0.2) is 0 Å². The smallest absolute Gasteiger partial charge is 0.220 e. The Morgan fingerprint density at radius 1 is 1.41 bits per heavy atom. The first-order chi connectivity index (χ1) is 8.22. The van der Waals surface area contributed by atoms with E-state index in [2.05, 4.69) is 5.32 Å². The van der Waals surface area contributed by atoms with Gasteiger partial charge in [-0.1, -0.05) is 18.2 Å². The molecule has 2 rings (SSSR count). The van der Waals surface area contributed by atoms with E-state index < -0.39 is 0 Å². The molecule has 17 heavy (non-hydrogen) atoms. The number of anilines is 1. The van der Waals surface area contributed by atoms with Crippen LogP contribution in [0.4, 0.5) is 5.69 Å². The molecule has 1 aromatic carbocycles. The summed E-state index contributed by atoms with van der Waals surface area (Å²) < 4.78 is 0. The lowest BCUT2D eigenvalue weighted by molar-refractivity contribution is -0.122. The molecule has 90 valence electrons. The summed E-state index contributed by atoms with van der Waals surface area (Å²) in [6, 6.07) is 5.92. The lowest BCUT2D eigenvalue weighted by atomic mass is 9.87. The molecule has 0 aliphatic heterocycles. The number of carbonyl (C=O) groups excluding carboxylic acids is 2. The zero-order valence-electron chi connectivity index (χ0n) is 9.61. The number of para-hydroxylation sites is 1. The van der Waals surface area contributed by atoms with Gasteiger partial charge in [0.1, 0.15) is 0 Å². The van der Waals surface area contributed by atoms with Gasteiger partial charge in [0.25, 0.3) is 0 Å². The minimum absolute atomic E-state index is 0.127. The lowest BCUT2D eigenvalue weighted by Crippen LogP contribution is -2.26. The molecule has 4 heteroatoms. The van der Waals surface area contributed by atoms with Crippen LogP contribution in [0.5, 0.6) is 0 Å². The fraction of sp³-hybridized carbons (Fsp3) is 0.385. The second kappa shape index (κ2) is 4.99. The minimum Gasteiger partial charge on any atom is -0.369 e. The van der Waals surface area contributed by atoms with Crippen LogP contribution in [0.3, 0.4) is 0 Å². The molecule has 1 unspecified atom stereocenters. The van der Waals surface area contributed by atoms with Crippen molar-refractivity contribution in [3.8, 4) is 0 Å². The molecule has 4 nitrogen and oxygen atoms in total. The highest BCUT2D eigenvalue weighted by atomic mass is 16.1. The summed E-state index contributed by atoms with van der Waals surface area (Å²) in [5.74, 6) is -0.382. The number of amides is 2. The number of rotatable bonds is 3. The molecule has 0 aromatic heterocycles. The van der Waals surface area contributed by atoms with E-state index in [0.29, 0.717) is 12.8 Å². The molecule has 1 aliphatic carbocycles. The van der Waals surface area contributed by atoms with Gasteiger partial charge in [-0.3, -0.25) is 9.59 Å². The Balaban J connectivity index is 2.38. The van der Waals surface area contributed by atoms with Gasteiger partial charge in [-0.2, -0.15) is 0 Å². The first-order valence-corrected chi connectivity index (χ1v) is 5.82. The van der Waals surface area contributed by atoms with Crippen molar-refractivity contribution in [2.75, 3.05) is 5.32 Å². The van der Waals surface area contributed by atoms with Crippen LogP contribution in [0.25, 0.3) is 0 Å². The normalized spacial score (nSPS) is 18.9. The molecule has 1 aromatic rings. The van der Waals surface area contributed by atoms with E-state index >= 15 is 0 Å². The molecule has 0 saturated carbocycles. The molecule has 1 aliphatic rings. The average molecular weight is 232 g/mol. The molecule has 0 spiro atoms. The van der Waals surface area contributed by atoms with Gasteiger partial charge >= 0.3 is 0 Å². The van der Waals surface area contributed by atoms with Crippen molar-refractivity contribution >= 4 is 18.0 Å². The summed E-state index contributed by atoms with van der Waals surface area (Å²) in [4.78, 5) is 21.9. The zero-order chi connectivity index (χ0) is 12.3. The Kier molecular flexibility index (Phi) is 3.42. The van der Waals surface area contributed by atoms with Crippen molar-refractivity contribution in [2.45, 2.75) is 25.7 Å². The molecule has 3 N–H and O–H groups in total. The molecule has 1 atom stereocenters. The van der Waals surface area contributed by atoms with Crippen LogP contribution in [-0.2, 0) is 22.4 Å². The van der Waals surface area contributed by atoms with Crippen LogP contribution < -0.4 is 11.1 Å². The summed E-state index contributed by atoms with van der Waals surface area (Å²) in [6.45, 7) is 0. The van der Waals surface area contributed by atoms with Crippen molar-refractivity contribution in [3.05, 3.63) is 29.3 Å². The van der Waals surface area contributed by atoms with E-state index in [1.165, 1.54) is 0 Å². The summed E-state index contributed by atoms with van der Waals surface area (Å²) in [5, 5.41) is 2.74. The third-order valence-electron chi connectivity index (χ3n) is 3.31. The SMILES string of the molecule is NC(=O)C1CCCc2cccc(c2NC=O)C1. The largest absolute Gasteiger partial charge is 0.369 e. The summed E-state index contributed by atoms with van der Waals surface area (Å²) >= 11 is 0. The van der Waals surface area contributed by atoms with E-state index in [1.807, 2.05) is 18.2 Å². The number of aryl methyl sites for hydroxylation is 1. The number of nitrogens with two attached hydrogens (primary N) is 1. The first-order valence-electron chi connectivity index (χ1n) is 5.82. The molecular formula is C13H16N2O2. The number of hydrogen-bond acceptors (Lipinski definition) is 2. The maximum Gasteiger partial charge on any atom is 0.220 e. The van der Waals surface area contributed by atoms with Crippen molar-refractivity contribution < 1.29 is 9.59 Å². The molecule has 0 heterocycles. The fourth-order valence-electron chi connectivity index (χ4n) is 2.43. The molecular weight excluding hydrogens is 216 g/mol. The van der Waals surface area contributed by atoms with Crippen molar-refractivity contribution in [3.63, 3.8) is 0 Å². The standard InChI is InChI=1S/C13H16N2O2/c14-13(17)11-6-2-4-9-3-1-5-10(7-11)12(9)15-8-16/h1,3,5,8,11H,2,4,6-7H2,(H2,14,17)(H,15,16). The molecule has 0 fully saturated rings. The van der Waals surface area contributed by atoms with Gasteiger partial charge < -0.3 is 11.1 Å². The van der Waals surface area contributed by atoms with Crippen LogP contribution in [0, 0.1) is 5.92 Å². The second-order valence-corrected chi connectivity index (χ2v) is 4.41. The Labute approximate surface area is 100 Å². The predicted molar refractivity (Wildman–Crippen MR) is 65.5 cm³/mol. The third kappa shape index (κ3) is 2.46. The lowest BCUT2D eigenvalue weighted by Gasteiger charge is -2.21. The summed E-state index contributed by atoms with van der Waals surface area (Å²) in [6.07, 6.45) is 3.90. The van der Waals surface area contributed by atoms with Gasteiger partial charge in [-0.15, -0.1) is 0 Å². The summed E-state index contributed by atoms with van der Waals surface area (Å²) in [5.41, 5.74) is 8.38. The number of hydrogen-bond donors (Lipinski definition) is 2. The highest BCUT2D eigenvalue weighted by molar-refractivity contribution is 5.79. The van der Waals surface area contributed by atoms with E-state index in [-0.39, 0.29) is 11.8 Å². The number of nitrogens with one attached hydrogen (secondary N) is 1. The monoisotopic (exact) mass is 232 g/mol. The topological polar surface area (TPSA) is 72.2 Å². The Morgan fingerprint density at radius 3 is 2.88 bits per heavy atom. The van der Waals surface area contributed by atoms with Crippen LogP contribution in [0.2, 0.25) is 0 Å². The first kappa shape index (κ1) is 11.6. The Bertz CT molecular complexity index is 443. The Morgan fingerprint density at radius 2 is 2.18 bits per heavy atom. The Hall–Kier alpha value is -1.84. The number of carbonyl (C=O) groups is 2. The fourth-order valence-corrected chi connectivity index (χ4v) is 2.43. The predicted octanol–water partition coefficient (Wildman–Crippen LogP) is 1.24. The van der Waals surface area contributed by atoms with Crippen LogP contribution >= 0.6 is 0 Å². The second-order valence-electron chi connectivity index (χ2n) is 4.41. The molecule has 2 amide bonds. The van der Waals surface area contributed by atoms with E-state index in [1.54, 1.807) is 0 Å². The van der Waals surface area contributed by atoms with Crippen molar-refractivity contribution in [1.82, 2.24) is 0 Å². The van der Waals surface area contributed by atoms with Gasteiger partial charge in [0.15, 0.2) is 0 Å². The van der Waals surface area contributed by atoms with Gasteiger partial charge in [0.05, 0.1) is 0 Å². The highest BCUT2D eigenvalue weighted by Crippen LogP contribution is 2.29. The maximum absolute atomic E-state index is 11.3. The van der Waals surface area contributed by atoms with Crippen molar-refractivity contribution in [2.24, 2.45) is 11.7 Å². The molecule has 2 bridgehead atoms. The van der Waals surface area contributed by atoms with Crippen LogP contribution in [-0.4, -0.2) is 12.3 Å². The van der Waals surface area contributed by atoms with Crippen LogP contribution in [0.1, 0.15) is 24.0 Å². The van der Waals surface area contributed by atoms with E-state index in [4.69, 9.17) is 5.73 Å². The van der Waals surface area contributed by atoms with Gasteiger partial charge in [0.2, 0.25) is 12.3 Å². The average Bonchev–Trinajstić information content (AvgIpc) is 2.30. The number of fused-ring (bicyclic) bond motifs is 2. The highest BCUT2D eigenvalue weighted by Gasteiger charge is 2.21. The summed E-state index contributed by atoms with van der Waals surface area (Å²) in [7, 11) is 0. The van der Waals surface area contributed by atoms with Gasteiger partial charge in [0, 0.05) is 11.6 Å². The van der Waals surface area contributed by atoms with Gasteiger partial charge in [-0.05, 0) is 36.8 Å². The minimum atomic E-state index is -0.255. The maximum atomic E-state index is 11.3. The third-order valence-corrected chi connectivity index (χ3v) is 3.31. The van der Waals surface area contributed by atoms with E-state index in [9.17, 15) is 9.59 Å². The molecule has 0 radical (unpaired) electrons. The quantitative estimate of drug-likeness (QED) is 0.769. The number of primary amides is 1.